The van der Waals surface area contributed by atoms with Crippen LogP contribution in [0.4, 0.5) is 0 Å². The summed E-state index contributed by atoms with van der Waals surface area (Å²) in [6.07, 6.45) is 2.90. The summed E-state index contributed by atoms with van der Waals surface area (Å²) in [5, 5.41) is 0. The molecule has 0 aromatic carbocycles. The highest BCUT2D eigenvalue weighted by molar-refractivity contribution is 7.80. The predicted molar refractivity (Wildman–Crippen MR) is 59.5 cm³/mol. The Hall–Kier alpha value is 0.270. The van der Waals surface area contributed by atoms with Crippen LogP contribution in [0.15, 0.2) is 0 Å². The third-order valence-corrected chi connectivity index (χ3v) is 3.22. The summed E-state index contributed by atoms with van der Waals surface area (Å²) >= 11 is 4.23. The van der Waals surface area contributed by atoms with Gasteiger partial charge in [-0.3, -0.25) is 0 Å². The molecule has 0 aliphatic carbocycles. The third-order valence-electron chi connectivity index (χ3n) is 2.91. The van der Waals surface area contributed by atoms with Gasteiger partial charge in [-0.05, 0) is 37.6 Å². The molecule has 1 heterocycles. The van der Waals surface area contributed by atoms with Gasteiger partial charge in [-0.2, -0.15) is 12.6 Å². The van der Waals surface area contributed by atoms with Crippen molar-refractivity contribution in [3.05, 3.63) is 0 Å². The van der Waals surface area contributed by atoms with E-state index in [1.807, 2.05) is 7.11 Å². The monoisotopic (exact) mass is 203 g/mol. The van der Waals surface area contributed by atoms with Crippen LogP contribution in [0.2, 0.25) is 0 Å². The van der Waals surface area contributed by atoms with Crippen LogP contribution in [0.3, 0.4) is 0 Å². The van der Waals surface area contributed by atoms with Gasteiger partial charge in [0.05, 0.1) is 6.10 Å². The first-order valence-corrected chi connectivity index (χ1v) is 5.77. The van der Waals surface area contributed by atoms with E-state index in [0.29, 0.717) is 6.10 Å². The molecule has 1 fully saturated rings. The number of piperidine rings is 1. The minimum atomic E-state index is 0.439. The number of methoxy groups -OCH3 is 1. The van der Waals surface area contributed by atoms with Gasteiger partial charge in [0.25, 0.3) is 0 Å². The first-order valence-electron chi connectivity index (χ1n) is 5.14. The van der Waals surface area contributed by atoms with Crippen LogP contribution in [0.25, 0.3) is 0 Å². The lowest BCUT2D eigenvalue weighted by atomic mass is 9.96. The van der Waals surface area contributed by atoms with Crippen molar-refractivity contribution in [1.29, 1.82) is 0 Å². The zero-order valence-corrected chi connectivity index (χ0v) is 9.59. The van der Waals surface area contributed by atoms with Gasteiger partial charge in [0.2, 0.25) is 0 Å². The summed E-state index contributed by atoms with van der Waals surface area (Å²) in [4.78, 5) is 2.49. The van der Waals surface area contributed by atoms with E-state index in [0.717, 1.165) is 18.2 Å². The van der Waals surface area contributed by atoms with Crippen molar-refractivity contribution in [3.63, 3.8) is 0 Å². The molecule has 1 rings (SSSR count). The molecule has 0 N–H and O–H groups in total. The van der Waals surface area contributed by atoms with Crippen molar-refractivity contribution >= 4 is 12.6 Å². The maximum absolute atomic E-state index is 5.45. The van der Waals surface area contributed by atoms with Gasteiger partial charge in [0.1, 0.15) is 0 Å². The van der Waals surface area contributed by atoms with Crippen molar-refractivity contribution in [1.82, 2.24) is 4.90 Å². The molecule has 1 aliphatic heterocycles. The van der Waals surface area contributed by atoms with E-state index in [1.165, 1.54) is 25.9 Å². The van der Waals surface area contributed by atoms with E-state index in [4.69, 9.17) is 4.74 Å². The lowest BCUT2D eigenvalue weighted by Crippen LogP contribution is -2.44. The molecule has 2 nitrogen and oxygen atoms in total. The van der Waals surface area contributed by atoms with Gasteiger partial charge >= 0.3 is 0 Å². The summed E-state index contributed by atoms with van der Waals surface area (Å²) in [6, 6.07) is 0. The zero-order chi connectivity index (χ0) is 9.68. The van der Waals surface area contributed by atoms with Gasteiger partial charge in [-0.25, -0.2) is 0 Å². The molecule has 2 unspecified atom stereocenters. The number of nitrogens with zero attached hydrogens (tertiary/aromatic N) is 1. The topological polar surface area (TPSA) is 12.5 Å². The second-order valence-corrected chi connectivity index (χ2v) is 4.37. The number of rotatable bonds is 4. The Balaban J connectivity index is 2.27. The Morgan fingerprint density at radius 2 is 2.31 bits per heavy atom. The Morgan fingerprint density at radius 3 is 2.92 bits per heavy atom. The Bertz CT molecular complexity index is 141. The van der Waals surface area contributed by atoms with Crippen molar-refractivity contribution < 1.29 is 4.74 Å². The number of hydrogen-bond acceptors (Lipinski definition) is 3. The molecule has 0 spiro atoms. The standard InChI is InChI=1S/C10H21NOS/c1-9-4-6-11(5-3-7-13)8-10(9)12-2/h9-10,13H,3-8H2,1-2H3. The fourth-order valence-corrected chi connectivity index (χ4v) is 2.04. The predicted octanol–water partition coefficient (Wildman–Crippen LogP) is 1.66. The summed E-state index contributed by atoms with van der Waals surface area (Å²) < 4.78 is 5.45. The second kappa shape index (κ2) is 5.89. The van der Waals surface area contributed by atoms with Crippen LogP contribution in [-0.2, 0) is 4.74 Å². The lowest BCUT2D eigenvalue weighted by Gasteiger charge is -2.36. The fraction of sp³-hybridized carbons (Fsp3) is 1.00. The molecule has 1 aliphatic rings. The fourth-order valence-electron chi connectivity index (χ4n) is 1.90. The molecule has 0 aromatic heterocycles. The molecule has 2 atom stereocenters. The normalized spacial score (nSPS) is 30.7. The van der Waals surface area contributed by atoms with Gasteiger partial charge < -0.3 is 9.64 Å². The minimum Gasteiger partial charge on any atom is -0.380 e. The van der Waals surface area contributed by atoms with Crippen molar-refractivity contribution in [2.45, 2.75) is 25.9 Å². The largest absolute Gasteiger partial charge is 0.380 e. The van der Waals surface area contributed by atoms with Crippen LogP contribution in [0, 0.1) is 5.92 Å². The quantitative estimate of drug-likeness (QED) is 0.698. The molecule has 0 bridgehead atoms. The summed E-state index contributed by atoms with van der Waals surface area (Å²) in [7, 11) is 1.82. The van der Waals surface area contributed by atoms with Crippen LogP contribution in [0.1, 0.15) is 19.8 Å². The molecule has 3 heteroatoms. The first kappa shape index (κ1) is 11.3. The summed E-state index contributed by atoms with van der Waals surface area (Å²) in [6.45, 7) is 5.79. The SMILES string of the molecule is COC1CN(CCCS)CCC1C. The van der Waals surface area contributed by atoms with E-state index >= 15 is 0 Å². The molecule has 0 aromatic rings. The number of hydrogen-bond donors (Lipinski definition) is 1. The Labute approximate surface area is 87.0 Å². The molecule has 78 valence electrons. The molecule has 13 heavy (non-hydrogen) atoms. The molecular formula is C10H21NOS. The van der Waals surface area contributed by atoms with Crippen LogP contribution in [-0.4, -0.2) is 43.5 Å². The van der Waals surface area contributed by atoms with Gasteiger partial charge in [-0.1, -0.05) is 6.92 Å². The smallest absolute Gasteiger partial charge is 0.0724 e. The molecular weight excluding hydrogens is 182 g/mol. The van der Waals surface area contributed by atoms with E-state index in [-0.39, 0.29) is 0 Å². The number of thiol groups is 1. The van der Waals surface area contributed by atoms with E-state index < -0.39 is 0 Å². The summed E-state index contributed by atoms with van der Waals surface area (Å²) in [5.74, 6) is 1.71. The highest BCUT2D eigenvalue weighted by Gasteiger charge is 2.25. The van der Waals surface area contributed by atoms with Crippen LogP contribution in [0.5, 0.6) is 0 Å². The number of ether oxygens (including phenoxy) is 1. The first-order chi connectivity index (χ1) is 6.27. The second-order valence-electron chi connectivity index (χ2n) is 3.92. The van der Waals surface area contributed by atoms with E-state index in [9.17, 15) is 0 Å². The van der Waals surface area contributed by atoms with E-state index in [1.54, 1.807) is 0 Å². The Kier molecular flexibility index (Phi) is 5.14. The van der Waals surface area contributed by atoms with Crippen LogP contribution >= 0.6 is 12.6 Å². The van der Waals surface area contributed by atoms with Crippen molar-refractivity contribution in [3.8, 4) is 0 Å². The van der Waals surface area contributed by atoms with Crippen molar-refractivity contribution in [2.24, 2.45) is 5.92 Å². The van der Waals surface area contributed by atoms with Gasteiger partial charge in [-0.15, -0.1) is 0 Å². The van der Waals surface area contributed by atoms with Crippen molar-refractivity contribution in [2.75, 3.05) is 32.5 Å². The average molecular weight is 203 g/mol. The van der Waals surface area contributed by atoms with Gasteiger partial charge in [0, 0.05) is 13.7 Å². The van der Waals surface area contributed by atoms with Crippen LogP contribution < -0.4 is 0 Å². The highest BCUT2D eigenvalue weighted by Crippen LogP contribution is 2.19. The summed E-state index contributed by atoms with van der Waals surface area (Å²) in [5.41, 5.74) is 0. The Morgan fingerprint density at radius 1 is 1.54 bits per heavy atom. The number of likely N-dealkylation sites (tertiary alicyclic amines) is 1. The minimum absolute atomic E-state index is 0.439. The lowest BCUT2D eigenvalue weighted by molar-refractivity contribution is -0.00466. The molecule has 0 amide bonds. The molecule has 0 saturated carbocycles. The zero-order valence-electron chi connectivity index (χ0n) is 8.70. The van der Waals surface area contributed by atoms with Gasteiger partial charge in [0.15, 0.2) is 0 Å². The third kappa shape index (κ3) is 3.49. The average Bonchev–Trinajstić information content (AvgIpc) is 2.16. The highest BCUT2D eigenvalue weighted by atomic mass is 32.1. The maximum atomic E-state index is 5.45. The van der Waals surface area contributed by atoms with E-state index in [2.05, 4.69) is 24.5 Å². The maximum Gasteiger partial charge on any atom is 0.0724 e. The molecule has 0 radical (unpaired) electrons. The molecule has 1 saturated heterocycles.